The molecule has 2 N–H and O–H groups in total. The smallest absolute Gasteiger partial charge is 0.337 e. The van der Waals surface area contributed by atoms with E-state index in [0.717, 1.165) is 16.7 Å². The first-order chi connectivity index (χ1) is 17.8. The van der Waals surface area contributed by atoms with Crippen LogP contribution in [0.15, 0.2) is 66.7 Å². The minimum absolute atomic E-state index is 0.170. The van der Waals surface area contributed by atoms with E-state index in [2.05, 4.69) is 0 Å². The van der Waals surface area contributed by atoms with Crippen molar-refractivity contribution in [2.45, 2.75) is 6.54 Å². The Morgan fingerprint density at radius 1 is 0.919 bits per heavy atom. The number of nitrogens with zero attached hydrogens (tertiary/aromatic N) is 2. The molecule has 0 unspecified atom stereocenters. The summed E-state index contributed by atoms with van der Waals surface area (Å²) in [5, 5.41) is 0. The Kier molecular flexibility index (Phi) is 6.96. The van der Waals surface area contributed by atoms with E-state index in [1.165, 1.54) is 7.11 Å². The van der Waals surface area contributed by atoms with Gasteiger partial charge >= 0.3 is 12.0 Å². The molecule has 0 aromatic heterocycles. The molecule has 194 valence electrons. The lowest BCUT2D eigenvalue weighted by Gasteiger charge is -2.42. The van der Waals surface area contributed by atoms with Crippen LogP contribution in [0.1, 0.15) is 15.9 Å². The zero-order chi connectivity index (χ0) is 26.0. The molecule has 5 rings (SSSR count). The number of hydrogen-bond acceptors (Lipinski definition) is 7. The molecule has 2 aliphatic rings. The third kappa shape index (κ3) is 5.51. The molecule has 0 spiro atoms. The number of fused-ring (bicyclic) bond motifs is 1. The molecule has 37 heavy (non-hydrogen) atoms. The maximum Gasteiger partial charge on any atom is 0.337 e. The van der Waals surface area contributed by atoms with Crippen LogP contribution in [0.25, 0.3) is 11.1 Å². The number of urea groups is 1. The van der Waals surface area contributed by atoms with Crippen molar-refractivity contribution in [1.82, 2.24) is 4.90 Å². The number of carbonyl (C=O) groups excluding carboxylic acids is 2. The summed E-state index contributed by atoms with van der Waals surface area (Å²) >= 11 is 0. The molecule has 1 fully saturated rings. The van der Waals surface area contributed by atoms with Gasteiger partial charge in [-0.05, 0) is 53.1 Å². The fourth-order valence-corrected chi connectivity index (χ4v) is 5.54. The van der Waals surface area contributed by atoms with Crippen LogP contribution in [0.3, 0.4) is 0 Å². The van der Waals surface area contributed by atoms with Gasteiger partial charge in [0.1, 0.15) is 0 Å². The lowest BCUT2D eigenvalue weighted by atomic mass is 10.0. The first-order valence-corrected chi connectivity index (χ1v) is 13.7. The summed E-state index contributed by atoms with van der Waals surface area (Å²) in [6, 6.07) is 20.1. The largest absolute Gasteiger partial charge is 0.465 e. The van der Waals surface area contributed by atoms with E-state index in [1.54, 1.807) is 34.1 Å². The number of rotatable bonds is 5. The molecule has 2 heterocycles. The summed E-state index contributed by atoms with van der Waals surface area (Å²) in [7, 11) is -1.30. The van der Waals surface area contributed by atoms with Gasteiger partial charge in [-0.25, -0.2) is 9.59 Å². The predicted octanol–water partition coefficient (Wildman–Crippen LogP) is 5.06. The van der Waals surface area contributed by atoms with Crippen LogP contribution in [0, 0.1) is 0 Å². The van der Waals surface area contributed by atoms with Gasteiger partial charge in [0.15, 0.2) is 11.5 Å². The zero-order valence-electron chi connectivity index (χ0n) is 20.3. The standard InChI is InChI=1S/C27H28N2O7S/c1-34-26(30)21-4-2-19(3-5-21)17-29(27(31)28-12-14-37(32,33)15-13-28)23-9-6-20(7-10-23)22-8-11-24-25(16-22)36-18-35-24/h2-11,16,32-33H,12-15,17-18H2,1H3. The third-order valence-electron chi connectivity index (χ3n) is 6.48. The Balaban J connectivity index is 1.40. The Morgan fingerprint density at radius 3 is 2.24 bits per heavy atom. The van der Waals surface area contributed by atoms with Gasteiger partial charge in [0, 0.05) is 18.8 Å². The van der Waals surface area contributed by atoms with Crippen LogP contribution in [0.5, 0.6) is 11.5 Å². The van der Waals surface area contributed by atoms with E-state index in [0.29, 0.717) is 22.7 Å². The minimum Gasteiger partial charge on any atom is -0.465 e. The van der Waals surface area contributed by atoms with Gasteiger partial charge in [0.25, 0.3) is 0 Å². The molecule has 10 heteroatoms. The highest BCUT2D eigenvalue weighted by atomic mass is 32.3. The van der Waals surface area contributed by atoms with Crippen molar-refractivity contribution in [3.8, 4) is 22.6 Å². The highest BCUT2D eigenvalue weighted by Gasteiger charge is 2.29. The monoisotopic (exact) mass is 524 g/mol. The van der Waals surface area contributed by atoms with Crippen LogP contribution in [-0.4, -0.2) is 64.5 Å². The number of ether oxygens (including phenoxy) is 3. The number of hydrogen-bond donors (Lipinski definition) is 2. The summed E-state index contributed by atoms with van der Waals surface area (Å²) in [5.41, 5.74) is 3.89. The SMILES string of the molecule is COC(=O)c1ccc(CN(C(=O)N2CCS(O)(O)CC2)c2ccc(-c3ccc4c(c3)OCO4)cc2)cc1. The second-order valence-corrected chi connectivity index (χ2v) is 11.3. The normalized spacial score (nSPS) is 16.7. The van der Waals surface area contributed by atoms with Crippen molar-refractivity contribution >= 4 is 28.3 Å². The molecule has 0 bridgehead atoms. The van der Waals surface area contributed by atoms with E-state index < -0.39 is 16.6 Å². The second-order valence-electron chi connectivity index (χ2n) is 8.87. The molecule has 0 atom stereocenters. The van der Waals surface area contributed by atoms with Gasteiger partial charge in [0.2, 0.25) is 6.79 Å². The van der Waals surface area contributed by atoms with Crippen molar-refractivity contribution in [2.24, 2.45) is 0 Å². The second kappa shape index (κ2) is 10.3. The zero-order valence-corrected chi connectivity index (χ0v) is 21.1. The van der Waals surface area contributed by atoms with E-state index >= 15 is 0 Å². The van der Waals surface area contributed by atoms with Crippen molar-refractivity contribution in [3.63, 3.8) is 0 Å². The van der Waals surface area contributed by atoms with E-state index in [1.807, 2.05) is 42.5 Å². The third-order valence-corrected chi connectivity index (χ3v) is 8.15. The highest BCUT2D eigenvalue weighted by Crippen LogP contribution is 2.41. The van der Waals surface area contributed by atoms with Gasteiger partial charge in [0.05, 0.1) is 30.7 Å². The Hall–Kier alpha value is -3.73. The van der Waals surface area contributed by atoms with Crippen molar-refractivity contribution < 1.29 is 32.9 Å². The fourth-order valence-electron chi connectivity index (χ4n) is 4.31. The summed E-state index contributed by atoms with van der Waals surface area (Å²) in [6.07, 6.45) is 0. The number of methoxy groups -OCH3 is 1. The van der Waals surface area contributed by atoms with Gasteiger partial charge < -0.3 is 19.1 Å². The Labute approximate surface area is 216 Å². The van der Waals surface area contributed by atoms with Gasteiger partial charge in [-0.2, -0.15) is 10.6 Å². The fraction of sp³-hybridized carbons (Fsp3) is 0.259. The summed E-state index contributed by atoms with van der Waals surface area (Å²) in [4.78, 5) is 28.7. The lowest BCUT2D eigenvalue weighted by Crippen LogP contribution is -2.48. The number of amides is 2. The summed E-state index contributed by atoms with van der Waals surface area (Å²) in [5.74, 6) is 1.33. The van der Waals surface area contributed by atoms with Gasteiger partial charge in [-0.1, -0.05) is 30.3 Å². The number of benzene rings is 3. The lowest BCUT2D eigenvalue weighted by molar-refractivity contribution is 0.0600. The quantitative estimate of drug-likeness (QED) is 0.449. The van der Waals surface area contributed by atoms with Crippen LogP contribution in [0.4, 0.5) is 10.5 Å². The van der Waals surface area contributed by atoms with Crippen LogP contribution in [0.2, 0.25) is 0 Å². The number of esters is 1. The molecule has 0 radical (unpaired) electrons. The molecular weight excluding hydrogens is 496 g/mol. The van der Waals surface area contributed by atoms with Crippen LogP contribution in [-0.2, 0) is 11.3 Å². The van der Waals surface area contributed by atoms with Crippen LogP contribution >= 0.6 is 10.6 Å². The molecule has 2 amide bonds. The van der Waals surface area contributed by atoms with Crippen molar-refractivity contribution in [1.29, 1.82) is 0 Å². The van der Waals surface area contributed by atoms with E-state index in [-0.39, 0.29) is 44.0 Å². The maximum atomic E-state index is 13.6. The molecule has 3 aromatic carbocycles. The van der Waals surface area contributed by atoms with E-state index in [9.17, 15) is 18.7 Å². The number of anilines is 1. The molecule has 0 saturated carbocycles. The average molecular weight is 525 g/mol. The minimum atomic E-state index is -2.63. The Morgan fingerprint density at radius 2 is 1.57 bits per heavy atom. The summed E-state index contributed by atoms with van der Waals surface area (Å²) < 4.78 is 35.6. The van der Waals surface area contributed by atoms with Gasteiger partial charge in [-0.15, -0.1) is 0 Å². The van der Waals surface area contributed by atoms with Crippen molar-refractivity contribution in [3.05, 3.63) is 77.9 Å². The maximum absolute atomic E-state index is 13.6. The van der Waals surface area contributed by atoms with Crippen molar-refractivity contribution in [2.75, 3.05) is 43.4 Å². The molecular formula is C27H28N2O7S. The molecule has 2 aliphatic heterocycles. The van der Waals surface area contributed by atoms with Crippen LogP contribution < -0.4 is 14.4 Å². The Bertz CT molecular complexity index is 1290. The first kappa shape index (κ1) is 24.9. The summed E-state index contributed by atoms with van der Waals surface area (Å²) in [6.45, 7) is 1.03. The predicted molar refractivity (Wildman–Crippen MR) is 142 cm³/mol. The van der Waals surface area contributed by atoms with E-state index in [4.69, 9.17) is 14.2 Å². The first-order valence-electron chi connectivity index (χ1n) is 11.8. The molecule has 9 nitrogen and oxygen atoms in total. The number of carbonyl (C=O) groups is 2. The molecule has 3 aromatic rings. The molecule has 0 aliphatic carbocycles. The average Bonchev–Trinajstić information content (AvgIpc) is 3.39. The topological polar surface area (TPSA) is 109 Å². The molecule has 1 saturated heterocycles. The highest BCUT2D eigenvalue weighted by molar-refractivity contribution is 8.24. The van der Waals surface area contributed by atoms with Gasteiger partial charge in [-0.3, -0.25) is 14.0 Å².